The van der Waals surface area contributed by atoms with Crippen LogP contribution < -0.4 is 5.32 Å². The van der Waals surface area contributed by atoms with E-state index in [0.29, 0.717) is 16.6 Å². The fourth-order valence-corrected chi connectivity index (χ4v) is 3.03. The molecule has 0 aromatic heterocycles. The van der Waals surface area contributed by atoms with Crippen molar-refractivity contribution in [2.24, 2.45) is 0 Å². The zero-order chi connectivity index (χ0) is 16.1. The van der Waals surface area contributed by atoms with E-state index in [1.54, 1.807) is 31.2 Å². The maximum atomic E-state index is 12.6. The second-order valence-electron chi connectivity index (χ2n) is 5.79. The molecule has 1 saturated heterocycles. The van der Waals surface area contributed by atoms with Gasteiger partial charge in [-0.1, -0.05) is 18.5 Å². The first kappa shape index (κ1) is 16.8. The Labute approximate surface area is 136 Å². The van der Waals surface area contributed by atoms with Crippen molar-refractivity contribution >= 4 is 23.4 Å². The van der Waals surface area contributed by atoms with Crippen LogP contribution in [0.2, 0.25) is 5.02 Å². The maximum absolute atomic E-state index is 12.6. The van der Waals surface area contributed by atoms with Gasteiger partial charge in [-0.05, 0) is 56.9 Å². The highest BCUT2D eigenvalue weighted by Gasteiger charge is 2.29. The van der Waals surface area contributed by atoms with Crippen LogP contribution in [-0.4, -0.2) is 35.3 Å². The Bertz CT molecular complexity index is 530. The van der Waals surface area contributed by atoms with Crippen LogP contribution in [-0.2, 0) is 4.79 Å². The number of halogens is 1. The third-order valence-corrected chi connectivity index (χ3v) is 4.46. The van der Waals surface area contributed by atoms with Crippen LogP contribution in [0.15, 0.2) is 24.3 Å². The molecule has 2 atom stereocenters. The van der Waals surface area contributed by atoms with Crippen molar-refractivity contribution in [2.75, 3.05) is 6.54 Å². The van der Waals surface area contributed by atoms with Crippen molar-refractivity contribution in [2.45, 2.75) is 51.6 Å². The van der Waals surface area contributed by atoms with Crippen LogP contribution in [0, 0.1) is 0 Å². The molecule has 1 N–H and O–H groups in total. The summed E-state index contributed by atoms with van der Waals surface area (Å²) in [6.45, 7) is 4.64. The monoisotopic (exact) mass is 322 g/mol. The number of piperidine rings is 1. The molecule has 1 heterocycles. The summed E-state index contributed by atoms with van der Waals surface area (Å²) in [6.07, 6.45) is 4.23. The van der Waals surface area contributed by atoms with Crippen LogP contribution in [0.5, 0.6) is 0 Å². The second-order valence-corrected chi connectivity index (χ2v) is 6.23. The molecule has 0 bridgehead atoms. The number of hydrogen-bond acceptors (Lipinski definition) is 2. The topological polar surface area (TPSA) is 49.4 Å². The van der Waals surface area contributed by atoms with Gasteiger partial charge in [0.1, 0.15) is 6.04 Å². The van der Waals surface area contributed by atoms with Gasteiger partial charge < -0.3 is 10.2 Å². The first-order valence-corrected chi connectivity index (χ1v) is 8.27. The summed E-state index contributed by atoms with van der Waals surface area (Å²) in [6, 6.07) is 6.43. The van der Waals surface area contributed by atoms with Crippen LogP contribution >= 0.6 is 11.6 Å². The quantitative estimate of drug-likeness (QED) is 0.925. The Hall–Kier alpha value is -1.55. The number of amides is 2. The SMILES string of the molecule is CCC1CCCCN1C(=O)C(C)NC(=O)c1ccc(Cl)cc1. The van der Waals surface area contributed by atoms with Crippen LogP contribution in [0.25, 0.3) is 0 Å². The molecular weight excluding hydrogens is 300 g/mol. The zero-order valence-electron chi connectivity index (χ0n) is 13.1. The lowest BCUT2D eigenvalue weighted by Gasteiger charge is -2.37. The maximum Gasteiger partial charge on any atom is 0.251 e. The molecule has 4 nitrogen and oxygen atoms in total. The van der Waals surface area contributed by atoms with Gasteiger partial charge in [0.25, 0.3) is 5.91 Å². The molecule has 2 rings (SSSR count). The average Bonchev–Trinajstić information content (AvgIpc) is 2.54. The van der Waals surface area contributed by atoms with E-state index in [0.717, 1.165) is 25.8 Å². The van der Waals surface area contributed by atoms with Gasteiger partial charge in [-0.2, -0.15) is 0 Å². The average molecular weight is 323 g/mol. The lowest BCUT2D eigenvalue weighted by Crippen LogP contribution is -2.52. The normalized spacial score (nSPS) is 19.6. The van der Waals surface area contributed by atoms with E-state index in [-0.39, 0.29) is 11.8 Å². The number of benzene rings is 1. The van der Waals surface area contributed by atoms with Crippen molar-refractivity contribution in [3.8, 4) is 0 Å². The summed E-state index contributed by atoms with van der Waals surface area (Å²) in [5.74, 6) is -0.239. The van der Waals surface area contributed by atoms with Crippen molar-refractivity contribution in [3.05, 3.63) is 34.9 Å². The van der Waals surface area contributed by atoms with Gasteiger partial charge in [0, 0.05) is 23.2 Å². The molecule has 0 radical (unpaired) electrons. The first-order chi connectivity index (χ1) is 10.5. The number of nitrogens with zero attached hydrogens (tertiary/aromatic N) is 1. The molecule has 2 unspecified atom stereocenters. The minimum Gasteiger partial charge on any atom is -0.341 e. The van der Waals surface area contributed by atoms with Crippen molar-refractivity contribution < 1.29 is 9.59 Å². The molecular formula is C17H23ClN2O2. The number of hydrogen-bond donors (Lipinski definition) is 1. The highest BCUT2D eigenvalue weighted by molar-refractivity contribution is 6.30. The van der Waals surface area contributed by atoms with Gasteiger partial charge in [0.15, 0.2) is 0 Å². The first-order valence-electron chi connectivity index (χ1n) is 7.89. The molecule has 1 aliphatic heterocycles. The summed E-state index contributed by atoms with van der Waals surface area (Å²) in [4.78, 5) is 26.7. The van der Waals surface area contributed by atoms with Gasteiger partial charge in [0.05, 0.1) is 0 Å². The predicted molar refractivity (Wildman–Crippen MR) is 88.0 cm³/mol. The smallest absolute Gasteiger partial charge is 0.251 e. The molecule has 1 aromatic rings. The Morgan fingerprint density at radius 1 is 1.32 bits per heavy atom. The largest absolute Gasteiger partial charge is 0.341 e. The number of rotatable bonds is 4. The fourth-order valence-electron chi connectivity index (χ4n) is 2.91. The zero-order valence-corrected chi connectivity index (χ0v) is 13.9. The highest BCUT2D eigenvalue weighted by atomic mass is 35.5. The van der Waals surface area contributed by atoms with E-state index < -0.39 is 6.04 Å². The molecule has 22 heavy (non-hydrogen) atoms. The van der Waals surface area contributed by atoms with E-state index in [1.165, 1.54) is 6.42 Å². The summed E-state index contributed by atoms with van der Waals surface area (Å²) >= 11 is 5.81. The van der Waals surface area contributed by atoms with Gasteiger partial charge in [-0.25, -0.2) is 0 Å². The Balaban J connectivity index is 1.98. The fraction of sp³-hybridized carbons (Fsp3) is 0.529. The third kappa shape index (κ3) is 4.01. The molecule has 1 aromatic carbocycles. The van der Waals surface area contributed by atoms with Gasteiger partial charge in [-0.3, -0.25) is 9.59 Å². The molecule has 120 valence electrons. The van der Waals surface area contributed by atoms with Gasteiger partial charge in [0.2, 0.25) is 5.91 Å². The molecule has 0 aliphatic carbocycles. The number of carbonyl (C=O) groups excluding carboxylic acids is 2. The van der Waals surface area contributed by atoms with E-state index >= 15 is 0 Å². The molecule has 1 fully saturated rings. The second kappa shape index (κ2) is 7.63. The predicted octanol–water partition coefficient (Wildman–Crippen LogP) is 3.25. The number of carbonyl (C=O) groups is 2. The minimum atomic E-state index is -0.518. The Morgan fingerprint density at radius 2 is 2.00 bits per heavy atom. The summed E-state index contributed by atoms with van der Waals surface area (Å²) < 4.78 is 0. The van der Waals surface area contributed by atoms with E-state index in [4.69, 9.17) is 11.6 Å². The molecule has 5 heteroatoms. The third-order valence-electron chi connectivity index (χ3n) is 4.21. The molecule has 0 saturated carbocycles. The molecule has 2 amide bonds. The Kier molecular flexibility index (Phi) is 5.83. The summed E-state index contributed by atoms with van der Waals surface area (Å²) in [5, 5.41) is 3.37. The Morgan fingerprint density at radius 3 is 2.64 bits per heavy atom. The number of nitrogens with one attached hydrogen (secondary N) is 1. The van der Waals surface area contributed by atoms with E-state index in [2.05, 4.69) is 12.2 Å². The van der Waals surface area contributed by atoms with Crippen LogP contribution in [0.4, 0.5) is 0 Å². The van der Waals surface area contributed by atoms with Crippen molar-refractivity contribution in [3.63, 3.8) is 0 Å². The van der Waals surface area contributed by atoms with Crippen molar-refractivity contribution in [1.82, 2.24) is 10.2 Å². The highest BCUT2D eigenvalue weighted by Crippen LogP contribution is 2.20. The van der Waals surface area contributed by atoms with E-state index in [1.807, 2.05) is 4.90 Å². The van der Waals surface area contributed by atoms with Crippen LogP contribution in [0.1, 0.15) is 49.9 Å². The minimum absolute atomic E-state index is 0.00821. The molecule has 1 aliphatic rings. The van der Waals surface area contributed by atoms with Gasteiger partial charge in [-0.15, -0.1) is 0 Å². The summed E-state index contributed by atoms with van der Waals surface area (Å²) in [5.41, 5.74) is 0.509. The molecule has 0 spiro atoms. The number of likely N-dealkylation sites (tertiary alicyclic amines) is 1. The van der Waals surface area contributed by atoms with Gasteiger partial charge >= 0.3 is 0 Å². The lowest BCUT2D eigenvalue weighted by atomic mass is 9.99. The van der Waals surface area contributed by atoms with Crippen LogP contribution in [0.3, 0.4) is 0 Å². The standard InChI is InChI=1S/C17H23ClN2O2/c1-3-15-6-4-5-11-20(15)17(22)12(2)19-16(21)13-7-9-14(18)10-8-13/h7-10,12,15H,3-6,11H2,1-2H3,(H,19,21). The van der Waals surface area contributed by atoms with Crippen molar-refractivity contribution in [1.29, 1.82) is 0 Å². The van der Waals surface area contributed by atoms with E-state index in [9.17, 15) is 9.59 Å². The lowest BCUT2D eigenvalue weighted by molar-refractivity contribution is -0.136. The summed E-state index contributed by atoms with van der Waals surface area (Å²) in [7, 11) is 0.